The maximum atomic E-state index is 11.5. The van der Waals surface area contributed by atoms with E-state index in [9.17, 15) is 20.3 Å². The first kappa shape index (κ1) is 22.0. The van der Waals surface area contributed by atoms with Gasteiger partial charge in [-0.1, -0.05) is 18.6 Å². The number of anilines is 1. The molecule has 27 heavy (non-hydrogen) atoms. The van der Waals surface area contributed by atoms with Gasteiger partial charge in [0.15, 0.2) is 0 Å². The van der Waals surface area contributed by atoms with E-state index in [1.54, 1.807) is 13.0 Å². The van der Waals surface area contributed by atoms with Gasteiger partial charge in [-0.2, -0.15) is 5.26 Å². The number of allylic oxidation sites excluding steroid dienone is 4. The molecule has 1 rings (SSSR count). The Balaban J connectivity index is 3.55. The van der Waals surface area contributed by atoms with Crippen molar-refractivity contribution in [3.63, 3.8) is 0 Å². The molecule has 2 N–H and O–H groups in total. The van der Waals surface area contributed by atoms with Crippen molar-refractivity contribution in [2.45, 2.75) is 41.0 Å². The Morgan fingerprint density at radius 1 is 1.26 bits per heavy atom. The summed E-state index contributed by atoms with van der Waals surface area (Å²) in [6.45, 7) is 11.1. The number of hydrogen-bond acceptors (Lipinski definition) is 4. The second-order valence-corrected chi connectivity index (χ2v) is 6.37. The van der Waals surface area contributed by atoms with Crippen LogP contribution in [0.5, 0.6) is 0 Å². The van der Waals surface area contributed by atoms with E-state index >= 15 is 0 Å². The molecular weight excluding hydrogens is 340 g/mol. The van der Waals surface area contributed by atoms with Gasteiger partial charge in [-0.15, -0.1) is 0 Å². The minimum atomic E-state index is -1.21. The van der Waals surface area contributed by atoms with E-state index in [0.717, 1.165) is 36.3 Å². The lowest BCUT2D eigenvalue weighted by Crippen LogP contribution is -2.24. The predicted octanol–water partition coefficient (Wildman–Crippen LogP) is 5.06. The van der Waals surface area contributed by atoms with E-state index in [4.69, 9.17) is 0 Å². The molecule has 0 aromatic heterocycles. The molecule has 0 aliphatic heterocycles. The van der Waals surface area contributed by atoms with E-state index in [0.29, 0.717) is 11.1 Å². The topological polar surface area (TPSA) is 84.6 Å². The minimum absolute atomic E-state index is 0.183. The van der Waals surface area contributed by atoms with Crippen LogP contribution in [0, 0.1) is 11.3 Å². The smallest absolute Gasteiger partial charge is 0.339 e. The van der Waals surface area contributed by atoms with E-state index < -0.39 is 5.97 Å². The van der Waals surface area contributed by atoms with Gasteiger partial charge >= 0.3 is 5.97 Å². The van der Waals surface area contributed by atoms with Crippen molar-refractivity contribution >= 4 is 17.2 Å². The lowest BCUT2D eigenvalue weighted by atomic mass is 9.96. The number of carboxylic acid groups (broad SMARTS) is 1. The largest absolute Gasteiger partial charge is 0.507 e. The van der Waals surface area contributed by atoms with Gasteiger partial charge in [0.1, 0.15) is 17.4 Å². The highest BCUT2D eigenvalue weighted by Crippen LogP contribution is 2.29. The number of aliphatic carboxylic acids is 1. The third kappa shape index (κ3) is 5.49. The van der Waals surface area contributed by atoms with Crippen LogP contribution in [0.3, 0.4) is 0 Å². The van der Waals surface area contributed by atoms with Gasteiger partial charge < -0.3 is 15.1 Å². The zero-order valence-corrected chi connectivity index (χ0v) is 16.7. The number of carbonyl (C=O) groups is 1. The fraction of sp³-hybridized carbons (Fsp3) is 0.364. The van der Waals surface area contributed by atoms with Gasteiger partial charge in [0.05, 0.1) is 11.3 Å². The van der Waals surface area contributed by atoms with Gasteiger partial charge in [0.25, 0.3) is 0 Å². The third-order valence-corrected chi connectivity index (χ3v) is 4.25. The molecule has 0 bridgehead atoms. The number of carboxylic acids is 1. The van der Waals surface area contributed by atoms with E-state index in [1.165, 1.54) is 12.2 Å². The van der Waals surface area contributed by atoms with Crippen LogP contribution in [0.15, 0.2) is 47.3 Å². The summed E-state index contributed by atoms with van der Waals surface area (Å²) in [5.41, 5.74) is 3.53. The third-order valence-electron chi connectivity index (χ3n) is 4.25. The standard InChI is InChI=1S/C22H28N2O3/c1-6-11-24(8-3)20-10-9-16(12-17(20)14-23)18(15(4)5)13-19(22(26)27)21(25)7-2/h7,9-10,12-13,25H,6,8,11H2,1-5H3,(H,26,27)/b19-13+,21-7+. The molecule has 0 fully saturated rings. The summed E-state index contributed by atoms with van der Waals surface area (Å²) in [4.78, 5) is 13.7. The van der Waals surface area contributed by atoms with Crippen molar-refractivity contribution in [3.8, 4) is 6.07 Å². The molecule has 0 saturated heterocycles. The fourth-order valence-electron chi connectivity index (χ4n) is 2.85. The lowest BCUT2D eigenvalue weighted by molar-refractivity contribution is -0.132. The van der Waals surface area contributed by atoms with Crippen molar-refractivity contribution < 1.29 is 15.0 Å². The molecule has 1 aromatic rings. The Morgan fingerprint density at radius 3 is 2.37 bits per heavy atom. The van der Waals surface area contributed by atoms with Crippen molar-refractivity contribution in [1.82, 2.24) is 0 Å². The molecule has 0 heterocycles. The van der Waals surface area contributed by atoms with Crippen LogP contribution >= 0.6 is 0 Å². The number of hydrogen-bond donors (Lipinski definition) is 2. The first-order chi connectivity index (χ1) is 12.8. The zero-order valence-electron chi connectivity index (χ0n) is 16.7. The van der Waals surface area contributed by atoms with E-state index in [2.05, 4.69) is 17.9 Å². The van der Waals surface area contributed by atoms with Gasteiger partial charge in [0.2, 0.25) is 0 Å². The normalized spacial score (nSPS) is 11.7. The molecule has 0 radical (unpaired) electrons. The Hall–Kier alpha value is -3.00. The monoisotopic (exact) mass is 368 g/mol. The molecule has 0 unspecified atom stereocenters. The number of benzene rings is 1. The van der Waals surface area contributed by atoms with Crippen LogP contribution in [0.4, 0.5) is 5.69 Å². The highest BCUT2D eigenvalue weighted by Gasteiger charge is 2.16. The quantitative estimate of drug-likeness (QED) is 0.380. The predicted molar refractivity (Wildman–Crippen MR) is 110 cm³/mol. The van der Waals surface area contributed by atoms with E-state index in [-0.39, 0.29) is 11.3 Å². The Bertz CT molecular complexity index is 822. The summed E-state index contributed by atoms with van der Waals surface area (Å²) >= 11 is 0. The van der Waals surface area contributed by atoms with Crippen LogP contribution in [0.1, 0.15) is 52.2 Å². The highest BCUT2D eigenvalue weighted by atomic mass is 16.4. The summed E-state index contributed by atoms with van der Waals surface area (Å²) < 4.78 is 0. The molecule has 0 spiro atoms. The van der Waals surface area contributed by atoms with Crippen molar-refractivity contribution in [2.75, 3.05) is 18.0 Å². The first-order valence-electron chi connectivity index (χ1n) is 9.08. The molecule has 5 heteroatoms. The summed E-state index contributed by atoms with van der Waals surface area (Å²) in [6.07, 6.45) is 3.77. The fourth-order valence-corrected chi connectivity index (χ4v) is 2.85. The summed E-state index contributed by atoms with van der Waals surface area (Å²) in [7, 11) is 0. The minimum Gasteiger partial charge on any atom is -0.507 e. The maximum absolute atomic E-state index is 11.5. The Morgan fingerprint density at radius 2 is 1.93 bits per heavy atom. The summed E-state index contributed by atoms with van der Waals surface area (Å²) in [5, 5.41) is 28.9. The molecule has 144 valence electrons. The van der Waals surface area contributed by atoms with Crippen LogP contribution in [0.2, 0.25) is 0 Å². The maximum Gasteiger partial charge on any atom is 0.339 e. The number of aliphatic hydroxyl groups excluding tert-OH is 1. The van der Waals surface area contributed by atoms with Crippen LogP contribution in [0.25, 0.3) is 5.57 Å². The second kappa shape index (κ2) is 10.2. The molecule has 0 amide bonds. The van der Waals surface area contributed by atoms with E-state index in [1.807, 2.05) is 32.9 Å². The average molecular weight is 368 g/mol. The molecule has 0 aliphatic carbocycles. The van der Waals surface area contributed by atoms with Crippen molar-refractivity contribution in [3.05, 3.63) is 58.4 Å². The molecule has 5 nitrogen and oxygen atoms in total. The first-order valence-corrected chi connectivity index (χ1v) is 9.08. The van der Waals surface area contributed by atoms with Gasteiger partial charge in [-0.3, -0.25) is 0 Å². The number of aliphatic hydroxyl groups is 1. The van der Waals surface area contributed by atoms with Crippen LogP contribution in [-0.2, 0) is 4.79 Å². The summed E-state index contributed by atoms with van der Waals surface area (Å²) in [5.74, 6) is -1.50. The Labute approximate surface area is 161 Å². The van der Waals surface area contributed by atoms with Crippen LogP contribution < -0.4 is 4.90 Å². The Kier molecular flexibility index (Phi) is 8.34. The lowest BCUT2D eigenvalue weighted by Gasteiger charge is -2.24. The van der Waals surface area contributed by atoms with Crippen molar-refractivity contribution in [2.24, 2.45) is 0 Å². The summed E-state index contributed by atoms with van der Waals surface area (Å²) in [6, 6.07) is 7.82. The SMILES string of the molecule is C/C=C(O)\C(=C/C(=C(C)C)c1ccc(N(CC)CCC)c(C#N)c1)C(=O)O. The number of rotatable bonds is 8. The average Bonchev–Trinajstić information content (AvgIpc) is 2.65. The van der Waals surface area contributed by atoms with Crippen molar-refractivity contribution in [1.29, 1.82) is 5.26 Å². The molecular formula is C22H28N2O3. The second-order valence-electron chi connectivity index (χ2n) is 6.37. The van der Waals surface area contributed by atoms with Gasteiger partial charge in [-0.05, 0) is 69.5 Å². The number of nitriles is 1. The zero-order chi connectivity index (χ0) is 20.6. The molecule has 1 aromatic carbocycles. The van der Waals surface area contributed by atoms with Gasteiger partial charge in [0, 0.05) is 13.1 Å². The highest BCUT2D eigenvalue weighted by molar-refractivity contribution is 5.95. The molecule has 0 atom stereocenters. The molecule has 0 saturated carbocycles. The molecule has 0 aliphatic rings. The van der Waals surface area contributed by atoms with Crippen LogP contribution in [-0.4, -0.2) is 29.3 Å². The number of nitrogens with zero attached hydrogens (tertiary/aromatic N) is 2. The van der Waals surface area contributed by atoms with Gasteiger partial charge in [-0.25, -0.2) is 4.79 Å².